The fourth-order valence-electron chi connectivity index (χ4n) is 2.82. The second-order valence-electron chi connectivity index (χ2n) is 6.17. The topological polar surface area (TPSA) is 73.9 Å². The Morgan fingerprint density at radius 1 is 1.35 bits per heavy atom. The highest BCUT2D eigenvalue weighted by Crippen LogP contribution is 2.28. The predicted molar refractivity (Wildman–Crippen MR) is 81.9 cm³/mol. The minimum Gasteiger partial charge on any atom is -0.458 e. The first-order chi connectivity index (χ1) is 11.1. The van der Waals surface area contributed by atoms with Crippen molar-refractivity contribution < 1.29 is 23.8 Å². The molecule has 0 aliphatic carbocycles. The molecule has 124 valence electrons. The van der Waals surface area contributed by atoms with E-state index in [9.17, 15) is 9.59 Å². The number of aryl methyl sites for hydroxylation is 1. The van der Waals surface area contributed by atoms with Crippen molar-refractivity contribution in [2.75, 3.05) is 13.2 Å². The average molecular weight is 319 g/mol. The number of hydrogen-bond donors (Lipinski definition) is 1. The highest BCUT2D eigenvalue weighted by molar-refractivity contribution is 5.86. The van der Waals surface area contributed by atoms with Gasteiger partial charge < -0.3 is 19.5 Å². The van der Waals surface area contributed by atoms with Gasteiger partial charge in [0, 0.05) is 0 Å². The molecule has 2 fully saturated rings. The molecule has 0 bridgehead atoms. The molecule has 1 aromatic carbocycles. The van der Waals surface area contributed by atoms with Crippen molar-refractivity contribution in [3.8, 4) is 0 Å². The number of carbonyl (C=O) groups is 2. The lowest BCUT2D eigenvalue weighted by Gasteiger charge is -2.41. The van der Waals surface area contributed by atoms with Gasteiger partial charge in [0.05, 0.1) is 13.2 Å². The van der Waals surface area contributed by atoms with Gasteiger partial charge >= 0.3 is 12.1 Å². The summed E-state index contributed by atoms with van der Waals surface area (Å²) in [4.78, 5) is 23.2. The van der Waals surface area contributed by atoms with Crippen LogP contribution >= 0.6 is 0 Å². The molecular weight excluding hydrogens is 298 g/mol. The average Bonchev–Trinajstić information content (AvgIpc) is 2.51. The van der Waals surface area contributed by atoms with E-state index in [-0.39, 0.29) is 6.10 Å². The zero-order valence-electron chi connectivity index (χ0n) is 13.1. The molecule has 2 saturated heterocycles. The number of carbonyl (C=O) groups excluding carboxylic acids is 2. The van der Waals surface area contributed by atoms with Crippen molar-refractivity contribution in [3.05, 3.63) is 35.9 Å². The minimum absolute atomic E-state index is 0.304. The Kier molecular flexibility index (Phi) is 4.52. The first-order valence-electron chi connectivity index (χ1n) is 7.90. The summed E-state index contributed by atoms with van der Waals surface area (Å²) in [5.74, 6) is -0.419. The van der Waals surface area contributed by atoms with E-state index < -0.39 is 23.7 Å². The number of benzene rings is 1. The van der Waals surface area contributed by atoms with Gasteiger partial charge in [0.1, 0.15) is 6.10 Å². The Morgan fingerprint density at radius 2 is 2.09 bits per heavy atom. The summed E-state index contributed by atoms with van der Waals surface area (Å²) in [6, 6.07) is 9.58. The van der Waals surface area contributed by atoms with Gasteiger partial charge in [-0.25, -0.2) is 9.59 Å². The number of alkyl carbamates (subject to hydrolysis) is 1. The van der Waals surface area contributed by atoms with Crippen LogP contribution in [0.15, 0.2) is 30.3 Å². The van der Waals surface area contributed by atoms with Crippen molar-refractivity contribution in [2.45, 2.75) is 43.9 Å². The first-order valence-corrected chi connectivity index (χ1v) is 7.90. The summed E-state index contributed by atoms with van der Waals surface area (Å²) in [6.07, 6.45) is 1.69. The summed E-state index contributed by atoms with van der Waals surface area (Å²) >= 11 is 0. The van der Waals surface area contributed by atoms with Crippen LogP contribution in [-0.4, -0.2) is 43.0 Å². The quantitative estimate of drug-likeness (QED) is 0.810. The highest BCUT2D eigenvalue weighted by atomic mass is 16.6. The molecule has 0 radical (unpaired) electrons. The fourth-order valence-corrected chi connectivity index (χ4v) is 2.82. The second-order valence-corrected chi connectivity index (χ2v) is 6.17. The predicted octanol–water partition coefficient (Wildman–Crippen LogP) is 1.82. The molecule has 1 N–H and O–H groups in total. The van der Waals surface area contributed by atoms with Gasteiger partial charge in [0.2, 0.25) is 0 Å². The maximum Gasteiger partial charge on any atom is 0.408 e. The number of amides is 1. The summed E-state index contributed by atoms with van der Waals surface area (Å²) in [7, 11) is 0. The Balaban J connectivity index is 1.46. The van der Waals surface area contributed by atoms with Gasteiger partial charge in [-0.3, -0.25) is 0 Å². The summed E-state index contributed by atoms with van der Waals surface area (Å²) in [6.45, 7) is 2.54. The van der Waals surface area contributed by atoms with E-state index in [1.165, 1.54) is 5.56 Å². The smallest absolute Gasteiger partial charge is 0.408 e. The molecule has 1 unspecified atom stereocenters. The standard InChI is InChI=1S/C17H21NO5/c1-12-14(15(19)22-12)18-16(20)23-17(10-21-11-17)9-5-8-13-6-3-2-4-7-13/h2-4,6-7,12,14H,5,8-11H2,1H3,(H,18,20)/t12-,14?/m0/s1. The van der Waals surface area contributed by atoms with Crippen molar-refractivity contribution >= 4 is 12.1 Å². The van der Waals surface area contributed by atoms with E-state index >= 15 is 0 Å². The van der Waals surface area contributed by atoms with Crippen LogP contribution in [0.4, 0.5) is 4.79 Å². The van der Waals surface area contributed by atoms with Crippen LogP contribution in [0, 0.1) is 0 Å². The van der Waals surface area contributed by atoms with Gasteiger partial charge in [-0.05, 0) is 31.7 Å². The minimum atomic E-state index is -0.607. The molecule has 6 nitrogen and oxygen atoms in total. The Bertz CT molecular complexity index is 570. The number of ether oxygens (including phenoxy) is 3. The third kappa shape index (κ3) is 3.64. The maximum absolute atomic E-state index is 12.0. The van der Waals surface area contributed by atoms with Gasteiger partial charge in [-0.2, -0.15) is 0 Å². The lowest BCUT2D eigenvalue weighted by molar-refractivity contribution is -0.187. The van der Waals surface area contributed by atoms with E-state index in [0.717, 1.165) is 19.3 Å². The van der Waals surface area contributed by atoms with Crippen molar-refractivity contribution in [1.82, 2.24) is 5.32 Å². The molecule has 1 aromatic rings. The zero-order chi connectivity index (χ0) is 16.3. The summed E-state index contributed by atoms with van der Waals surface area (Å²) in [5, 5.41) is 2.56. The van der Waals surface area contributed by atoms with E-state index in [0.29, 0.717) is 13.2 Å². The molecule has 6 heteroatoms. The Labute approximate surface area is 135 Å². The molecule has 0 saturated carbocycles. The summed E-state index contributed by atoms with van der Waals surface area (Å²) < 4.78 is 15.6. The van der Waals surface area contributed by atoms with Gasteiger partial charge in [0.15, 0.2) is 11.6 Å². The normalized spacial score (nSPS) is 24.8. The molecule has 3 rings (SSSR count). The third-order valence-electron chi connectivity index (χ3n) is 4.28. The van der Waals surface area contributed by atoms with E-state index in [4.69, 9.17) is 14.2 Å². The molecule has 2 aliphatic heterocycles. The van der Waals surface area contributed by atoms with Crippen LogP contribution in [-0.2, 0) is 25.4 Å². The molecule has 1 amide bonds. The van der Waals surface area contributed by atoms with Crippen LogP contribution in [0.1, 0.15) is 25.3 Å². The van der Waals surface area contributed by atoms with Crippen LogP contribution < -0.4 is 5.32 Å². The number of esters is 1. The SMILES string of the molecule is C[C@@H]1OC(=O)C1NC(=O)OC1(CCCc2ccccc2)COC1. The van der Waals surface area contributed by atoms with Crippen molar-refractivity contribution in [1.29, 1.82) is 0 Å². The van der Waals surface area contributed by atoms with Crippen LogP contribution in [0.2, 0.25) is 0 Å². The molecule has 2 aliphatic rings. The fraction of sp³-hybridized carbons (Fsp3) is 0.529. The summed E-state index contributed by atoms with van der Waals surface area (Å²) in [5.41, 5.74) is 0.689. The molecule has 0 spiro atoms. The molecular formula is C17H21NO5. The Morgan fingerprint density at radius 3 is 2.65 bits per heavy atom. The van der Waals surface area contributed by atoms with Crippen molar-refractivity contribution in [3.63, 3.8) is 0 Å². The maximum atomic E-state index is 12.0. The van der Waals surface area contributed by atoms with Crippen molar-refractivity contribution in [2.24, 2.45) is 0 Å². The Hall–Kier alpha value is -2.08. The van der Waals surface area contributed by atoms with Crippen LogP contribution in [0.5, 0.6) is 0 Å². The third-order valence-corrected chi connectivity index (χ3v) is 4.28. The number of nitrogens with one attached hydrogen (secondary N) is 1. The van der Waals surface area contributed by atoms with Crippen LogP contribution in [0.3, 0.4) is 0 Å². The van der Waals surface area contributed by atoms with Gasteiger partial charge in [-0.1, -0.05) is 30.3 Å². The number of hydrogen-bond acceptors (Lipinski definition) is 5. The van der Waals surface area contributed by atoms with Gasteiger partial charge in [-0.15, -0.1) is 0 Å². The molecule has 0 aromatic heterocycles. The van der Waals surface area contributed by atoms with E-state index in [1.807, 2.05) is 18.2 Å². The van der Waals surface area contributed by atoms with E-state index in [2.05, 4.69) is 17.4 Å². The van der Waals surface area contributed by atoms with E-state index in [1.54, 1.807) is 6.92 Å². The molecule has 2 atom stereocenters. The van der Waals surface area contributed by atoms with Gasteiger partial charge in [0.25, 0.3) is 0 Å². The monoisotopic (exact) mass is 319 g/mol. The number of rotatable bonds is 6. The molecule has 23 heavy (non-hydrogen) atoms. The lowest BCUT2D eigenvalue weighted by atomic mass is 9.93. The van der Waals surface area contributed by atoms with Crippen LogP contribution in [0.25, 0.3) is 0 Å². The first kappa shape index (κ1) is 15.8. The lowest BCUT2D eigenvalue weighted by Crippen LogP contribution is -2.61. The second kappa shape index (κ2) is 6.58. The zero-order valence-corrected chi connectivity index (χ0v) is 13.1. The number of cyclic esters (lactones) is 1. The largest absolute Gasteiger partial charge is 0.458 e. The molecule has 2 heterocycles. The highest BCUT2D eigenvalue weighted by Gasteiger charge is 2.45.